The fourth-order valence-corrected chi connectivity index (χ4v) is 2.85. The number of amides is 3. The van der Waals surface area contributed by atoms with Gasteiger partial charge in [0.2, 0.25) is 5.91 Å². The number of likely N-dealkylation sites (N-methyl/N-ethyl adjacent to an activating group) is 1. The second kappa shape index (κ2) is 8.58. The van der Waals surface area contributed by atoms with Crippen molar-refractivity contribution in [3.8, 4) is 0 Å². The van der Waals surface area contributed by atoms with Crippen LogP contribution in [0.1, 0.15) is 44.3 Å². The van der Waals surface area contributed by atoms with Crippen molar-refractivity contribution in [3.05, 3.63) is 24.2 Å². The van der Waals surface area contributed by atoms with Gasteiger partial charge >= 0.3 is 6.03 Å². The Morgan fingerprint density at radius 2 is 2.00 bits per heavy atom. The minimum absolute atomic E-state index is 0.249. The zero-order chi connectivity index (χ0) is 15.8. The number of hydrogen-bond acceptors (Lipinski definition) is 4. The fraction of sp³-hybridized carbons (Fsp3) is 0.625. The molecule has 0 bridgehead atoms. The quantitative estimate of drug-likeness (QED) is 0.818. The van der Waals surface area contributed by atoms with Crippen molar-refractivity contribution in [2.45, 2.75) is 51.1 Å². The van der Waals surface area contributed by atoms with Crippen LogP contribution in [0.2, 0.25) is 0 Å². The summed E-state index contributed by atoms with van der Waals surface area (Å²) >= 11 is 0. The summed E-state index contributed by atoms with van der Waals surface area (Å²) in [6.07, 6.45) is 8.82. The SMILES string of the molecule is CN(CC(=O)NC(=O)NCc1ccco1)C1CCCCCC1. The third kappa shape index (κ3) is 5.52. The largest absolute Gasteiger partial charge is 0.467 e. The summed E-state index contributed by atoms with van der Waals surface area (Å²) < 4.78 is 5.11. The predicted molar refractivity (Wildman–Crippen MR) is 83.2 cm³/mol. The maximum Gasteiger partial charge on any atom is 0.321 e. The first-order valence-electron chi connectivity index (χ1n) is 7.95. The third-order valence-corrected chi connectivity index (χ3v) is 4.10. The van der Waals surface area contributed by atoms with Gasteiger partial charge in [0.15, 0.2) is 0 Å². The molecule has 1 aromatic heterocycles. The van der Waals surface area contributed by atoms with Crippen LogP contribution in [0.15, 0.2) is 22.8 Å². The van der Waals surface area contributed by atoms with Gasteiger partial charge < -0.3 is 9.73 Å². The molecule has 6 heteroatoms. The van der Waals surface area contributed by atoms with Gasteiger partial charge in [0.05, 0.1) is 19.4 Å². The van der Waals surface area contributed by atoms with E-state index in [-0.39, 0.29) is 19.0 Å². The van der Waals surface area contributed by atoms with Gasteiger partial charge in [0.1, 0.15) is 5.76 Å². The molecule has 1 fully saturated rings. The standard InChI is InChI=1S/C16H25N3O3/c1-19(13-7-4-2-3-5-8-13)12-15(20)18-16(21)17-11-14-9-6-10-22-14/h6,9-10,13H,2-5,7-8,11-12H2,1H3,(H2,17,18,20,21). The van der Waals surface area contributed by atoms with E-state index in [0.717, 1.165) is 12.8 Å². The van der Waals surface area contributed by atoms with Gasteiger partial charge in [-0.15, -0.1) is 0 Å². The number of rotatable bonds is 5. The van der Waals surface area contributed by atoms with Crippen LogP contribution in [0.5, 0.6) is 0 Å². The van der Waals surface area contributed by atoms with Crippen molar-refractivity contribution in [1.29, 1.82) is 0 Å². The van der Waals surface area contributed by atoms with E-state index in [1.54, 1.807) is 18.4 Å². The van der Waals surface area contributed by atoms with E-state index < -0.39 is 6.03 Å². The number of nitrogens with zero attached hydrogens (tertiary/aromatic N) is 1. The Labute approximate surface area is 131 Å². The van der Waals surface area contributed by atoms with Crippen LogP contribution in [0, 0.1) is 0 Å². The summed E-state index contributed by atoms with van der Waals surface area (Å²) in [5.41, 5.74) is 0. The number of imide groups is 1. The summed E-state index contributed by atoms with van der Waals surface area (Å²) in [6, 6.07) is 3.47. The highest BCUT2D eigenvalue weighted by molar-refractivity contribution is 5.95. The number of furan rings is 1. The molecule has 0 atom stereocenters. The van der Waals surface area contributed by atoms with Gasteiger partial charge in [-0.2, -0.15) is 0 Å². The Hall–Kier alpha value is -1.82. The highest BCUT2D eigenvalue weighted by Gasteiger charge is 2.19. The molecule has 1 saturated carbocycles. The zero-order valence-electron chi connectivity index (χ0n) is 13.1. The maximum absolute atomic E-state index is 11.9. The van der Waals surface area contributed by atoms with Gasteiger partial charge in [-0.1, -0.05) is 25.7 Å². The molecule has 2 rings (SSSR count). The van der Waals surface area contributed by atoms with E-state index in [1.807, 2.05) is 7.05 Å². The Morgan fingerprint density at radius 1 is 1.27 bits per heavy atom. The molecule has 0 aromatic carbocycles. The van der Waals surface area contributed by atoms with Crippen LogP contribution in [0.4, 0.5) is 4.79 Å². The number of carbonyl (C=O) groups excluding carboxylic acids is 2. The number of carbonyl (C=O) groups is 2. The second-order valence-corrected chi connectivity index (χ2v) is 5.87. The molecule has 122 valence electrons. The molecule has 0 saturated heterocycles. The van der Waals surface area contributed by atoms with Gasteiger partial charge in [0.25, 0.3) is 0 Å². The molecular weight excluding hydrogens is 282 g/mol. The first-order valence-corrected chi connectivity index (χ1v) is 7.95. The summed E-state index contributed by atoms with van der Waals surface area (Å²) in [6.45, 7) is 0.517. The molecule has 1 aliphatic carbocycles. The fourth-order valence-electron chi connectivity index (χ4n) is 2.85. The Morgan fingerprint density at radius 3 is 2.64 bits per heavy atom. The van der Waals surface area contributed by atoms with Crippen LogP contribution >= 0.6 is 0 Å². The minimum Gasteiger partial charge on any atom is -0.467 e. The van der Waals surface area contributed by atoms with Crippen LogP contribution in [-0.2, 0) is 11.3 Å². The molecule has 0 unspecified atom stereocenters. The number of nitrogens with one attached hydrogen (secondary N) is 2. The molecule has 6 nitrogen and oxygen atoms in total. The van der Waals surface area contributed by atoms with Crippen molar-refractivity contribution in [2.75, 3.05) is 13.6 Å². The first kappa shape index (κ1) is 16.5. The van der Waals surface area contributed by atoms with Crippen LogP contribution in [0.25, 0.3) is 0 Å². The second-order valence-electron chi connectivity index (χ2n) is 5.87. The Kier molecular flexibility index (Phi) is 6.45. The molecule has 1 aliphatic rings. The van der Waals surface area contributed by atoms with Gasteiger partial charge in [-0.3, -0.25) is 15.0 Å². The van der Waals surface area contributed by atoms with Gasteiger partial charge in [0, 0.05) is 6.04 Å². The molecule has 1 heterocycles. The van der Waals surface area contributed by atoms with Crippen molar-refractivity contribution in [3.63, 3.8) is 0 Å². The molecule has 22 heavy (non-hydrogen) atoms. The van der Waals surface area contributed by atoms with E-state index >= 15 is 0 Å². The topological polar surface area (TPSA) is 74.6 Å². The van der Waals surface area contributed by atoms with E-state index in [9.17, 15) is 9.59 Å². The van der Waals surface area contributed by atoms with E-state index in [1.165, 1.54) is 25.7 Å². The van der Waals surface area contributed by atoms with E-state index in [4.69, 9.17) is 4.42 Å². The average Bonchev–Trinajstić information content (AvgIpc) is 2.85. The number of urea groups is 1. The Bertz CT molecular complexity index is 465. The lowest BCUT2D eigenvalue weighted by Gasteiger charge is -2.26. The summed E-state index contributed by atoms with van der Waals surface area (Å²) in [4.78, 5) is 25.6. The summed E-state index contributed by atoms with van der Waals surface area (Å²) in [5, 5.41) is 4.95. The van der Waals surface area contributed by atoms with Crippen molar-refractivity contribution in [2.24, 2.45) is 0 Å². The van der Waals surface area contributed by atoms with Crippen LogP contribution < -0.4 is 10.6 Å². The molecule has 2 N–H and O–H groups in total. The van der Waals surface area contributed by atoms with E-state index in [2.05, 4.69) is 15.5 Å². The van der Waals surface area contributed by atoms with Gasteiger partial charge in [-0.05, 0) is 32.0 Å². The Balaban J connectivity index is 1.68. The number of hydrogen-bond donors (Lipinski definition) is 2. The summed E-state index contributed by atoms with van der Waals surface area (Å²) in [5.74, 6) is 0.377. The third-order valence-electron chi connectivity index (χ3n) is 4.10. The predicted octanol–water partition coefficient (Wildman–Crippen LogP) is 2.26. The normalized spacial score (nSPS) is 16.3. The first-order chi connectivity index (χ1) is 10.6. The molecular formula is C16H25N3O3. The van der Waals surface area contributed by atoms with Crippen LogP contribution in [-0.4, -0.2) is 36.5 Å². The molecule has 0 spiro atoms. The highest BCUT2D eigenvalue weighted by Crippen LogP contribution is 2.20. The maximum atomic E-state index is 11.9. The molecule has 0 aliphatic heterocycles. The average molecular weight is 307 g/mol. The van der Waals surface area contributed by atoms with Crippen molar-refractivity contribution < 1.29 is 14.0 Å². The van der Waals surface area contributed by atoms with Crippen molar-refractivity contribution in [1.82, 2.24) is 15.5 Å². The summed E-state index contributed by atoms with van der Waals surface area (Å²) in [7, 11) is 1.95. The monoisotopic (exact) mass is 307 g/mol. The highest BCUT2D eigenvalue weighted by atomic mass is 16.3. The zero-order valence-corrected chi connectivity index (χ0v) is 13.1. The minimum atomic E-state index is -0.490. The molecule has 3 amide bonds. The molecule has 0 radical (unpaired) electrons. The molecule has 1 aromatic rings. The lowest BCUT2D eigenvalue weighted by atomic mass is 10.1. The van der Waals surface area contributed by atoms with E-state index in [0.29, 0.717) is 11.8 Å². The van der Waals surface area contributed by atoms with Crippen molar-refractivity contribution >= 4 is 11.9 Å². The van der Waals surface area contributed by atoms with Crippen LogP contribution in [0.3, 0.4) is 0 Å². The smallest absolute Gasteiger partial charge is 0.321 e. The van der Waals surface area contributed by atoms with Gasteiger partial charge in [-0.25, -0.2) is 4.79 Å². The lowest BCUT2D eigenvalue weighted by molar-refractivity contribution is -0.121. The lowest BCUT2D eigenvalue weighted by Crippen LogP contribution is -2.45.